The minimum Gasteiger partial charge on any atom is -0.506 e. The number of rotatable bonds is 2. The van der Waals surface area contributed by atoms with Gasteiger partial charge < -0.3 is 10.0 Å². The van der Waals surface area contributed by atoms with Gasteiger partial charge in [-0.15, -0.1) is 0 Å². The fraction of sp³-hybridized carbons (Fsp3) is 0.333. The van der Waals surface area contributed by atoms with Crippen molar-refractivity contribution < 1.29 is 14.7 Å². The van der Waals surface area contributed by atoms with Gasteiger partial charge in [0.05, 0.1) is 21.1 Å². The molecule has 1 aromatic rings. The van der Waals surface area contributed by atoms with E-state index >= 15 is 0 Å². The van der Waals surface area contributed by atoms with Crippen molar-refractivity contribution in [2.24, 2.45) is 5.92 Å². The molecule has 0 aliphatic carbocycles. The number of aliphatic hydroxyl groups excluding tert-OH is 1. The first-order valence-corrected chi connectivity index (χ1v) is 7.69. The molecule has 1 fully saturated rings. The van der Waals surface area contributed by atoms with Crippen LogP contribution >= 0.6 is 34.8 Å². The van der Waals surface area contributed by atoms with Crippen molar-refractivity contribution >= 4 is 52.3 Å². The highest BCUT2D eigenvalue weighted by atomic mass is 35.5. The molecule has 1 aromatic carbocycles. The molecule has 1 heterocycles. The number of benzene rings is 1. The van der Waals surface area contributed by atoms with Crippen molar-refractivity contribution in [1.29, 1.82) is 0 Å². The first kappa shape index (κ1) is 17.1. The molecule has 0 saturated carbocycles. The maximum atomic E-state index is 12.4. The van der Waals surface area contributed by atoms with Crippen LogP contribution < -0.4 is 0 Å². The Morgan fingerprint density at radius 2 is 1.68 bits per heavy atom. The second kappa shape index (κ2) is 6.11. The van der Waals surface area contributed by atoms with Crippen molar-refractivity contribution in [1.82, 2.24) is 4.90 Å². The average molecular weight is 363 g/mol. The summed E-state index contributed by atoms with van der Waals surface area (Å²) in [6, 6.07) is 2.13. The topological polar surface area (TPSA) is 57.6 Å². The molecular weight excluding hydrogens is 349 g/mol. The Balaban J connectivity index is 2.59. The summed E-state index contributed by atoms with van der Waals surface area (Å²) in [7, 11) is 1.53. The quantitative estimate of drug-likeness (QED) is 0.375. The van der Waals surface area contributed by atoms with Crippen LogP contribution in [0.25, 0.3) is 5.76 Å². The zero-order valence-electron chi connectivity index (χ0n) is 12.2. The van der Waals surface area contributed by atoms with Crippen LogP contribution in [-0.2, 0) is 9.59 Å². The van der Waals surface area contributed by atoms with Crippen LogP contribution in [0.1, 0.15) is 19.4 Å². The molecule has 7 heteroatoms. The lowest BCUT2D eigenvalue weighted by Crippen LogP contribution is -2.36. The fourth-order valence-electron chi connectivity index (χ4n) is 2.54. The van der Waals surface area contributed by atoms with Gasteiger partial charge in [0.25, 0.3) is 5.91 Å². The van der Waals surface area contributed by atoms with E-state index in [0.717, 1.165) is 0 Å². The lowest BCUT2D eigenvalue weighted by molar-refractivity contribution is -0.126. The van der Waals surface area contributed by atoms with Gasteiger partial charge in [0.1, 0.15) is 11.3 Å². The molecule has 2 rings (SSSR count). The van der Waals surface area contributed by atoms with Gasteiger partial charge in [-0.25, -0.2) is 0 Å². The monoisotopic (exact) mass is 361 g/mol. The van der Waals surface area contributed by atoms with E-state index in [0.29, 0.717) is 0 Å². The van der Waals surface area contributed by atoms with Crippen LogP contribution in [0, 0.1) is 5.92 Å². The zero-order chi connectivity index (χ0) is 16.8. The largest absolute Gasteiger partial charge is 0.506 e. The Labute approximate surface area is 143 Å². The Morgan fingerprint density at radius 3 is 2.09 bits per heavy atom. The van der Waals surface area contributed by atoms with Gasteiger partial charge in [0.15, 0.2) is 5.78 Å². The van der Waals surface area contributed by atoms with Crippen molar-refractivity contribution in [3.05, 3.63) is 38.3 Å². The van der Waals surface area contributed by atoms with Gasteiger partial charge in [0.2, 0.25) is 0 Å². The van der Waals surface area contributed by atoms with Crippen LogP contribution in [-0.4, -0.2) is 34.8 Å². The molecule has 1 N–H and O–H groups in total. The number of likely N-dealkylation sites (tertiary alicyclic amines) is 1. The molecule has 4 nitrogen and oxygen atoms in total. The number of likely N-dealkylation sites (N-methyl/N-ethyl adjacent to an activating group) is 1. The highest BCUT2D eigenvalue weighted by Crippen LogP contribution is 2.35. The average Bonchev–Trinajstić information content (AvgIpc) is 2.65. The van der Waals surface area contributed by atoms with Gasteiger partial charge >= 0.3 is 0 Å². The number of hydrogen-bond acceptors (Lipinski definition) is 3. The molecule has 1 unspecified atom stereocenters. The molecule has 0 spiro atoms. The molecule has 1 aliphatic heterocycles. The molecule has 0 aromatic heterocycles. The SMILES string of the molecule is CC(C)C1C(=O)/C(=C(/O)c2cc(Cl)c(Cl)c(Cl)c2)C(=O)N1C. The number of nitrogens with zero attached hydrogens (tertiary/aromatic N) is 1. The lowest BCUT2D eigenvalue weighted by atomic mass is 9.97. The van der Waals surface area contributed by atoms with Crippen LogP contribution in [0.4, 0.5) is 0 Å². The summed E-state index contributed by atoms with van der Waals surface area (Å²) >= 11 is 17.7. The van der Waals surface area contributed by atoms with Gasteiger partial charge in [-0.05, 0) is 18.1 Å². The first-order chi connectivity index (χ1) is 10.2. The summed E-state index contributed by atoms with van der Waals surface area (Å²) in [4.78, 5) is 26.1. The summed E-state index contributed by atoms with van der Waals surface area (Å²) in [6.07, 6.45) is 0. The van der Waals surface area contributed by atoms with Gasteiger partial charge in [-0.1, -0.05) is 48.7 Å². The summed E-state index contributed by atoms with van der Waals surface area (Å²) < 4.78 is 0. The molecule has 118 valence electrons. The van der Waals surface area contributed by atoms with E-state index in [4.69, 9.17) is 34.8 Å². The van der Waals surface area contributed by atoms with Gasteiger partial charge in [-0.3, -0.25) is 9.59 Å². The normalized spacial score (nSPS) is 21.0. The Bertz CT molecular complexity index is 674. The standard InChI is InChI=1S/C15H14Cl3NO3/c1-6(2)12-14(21)10(15(22)19(12)3)13(20)7-4-8(16)11(18)9(17)5-7/h4-6,12,20H,1-3H3/b13-10-. The highest BCUT2D eigenvalue weighted by Gasteiger charge is 2.44. The number of carbonyl (C=O) groups is 2. The zero-order valence-corrected chi connectivity index (χ0v) is 14.4. The van der Waals surface area contributed by atoms with E-state index in [-0.39, 0.29) is 32.1 Å². The molecule has 0 radical (unpaired) electrons. The third kappa shape index (κ3) is 2.71. The van der Waals surface area contributed by atoms with E-state index < -0.39 is 23.5 Å². The summed E-state index contributed by atoms with van der Waals surface area (Å²) in [5, 5.41) is 10.8. The molecular formula is C15H14Cl3NO3. The van der Waals surface area contributed by atoms with Gasteiger partial charge in [-0.2, -0.15) is 0 Å². The predicted octanol–water partition coefficient (Wildman–Crippen LogP) is 3.98. The Hall–Kier alpha value is -1.23. The van der Waals surface area contributed by atoms with Crippen molar-refractivity contribution in [2.45, 2.75) is 19.9 Å². The maximum absolute atomic E-state index is 12.4. The summed E-state index contributed by atoms with van der Waals surface area (Å²) in [6.45, 7) is 3.67. The highest BCUT2D eigenvalue weighted by molar-refractivity contribution is 6.48. The van der Waals surface area contributed by atoms with Crippen LogP contribution in [0.3, 0.4) is 0 Å². The van der Waals surface area contributed by atoms with E-state index in [1.54, 1.807) is 0 Å². The lowest BCUT2D eigenvalue weighted by Gasteiger charge is -2.20. The van der Waals surface area contributed by atoms with E-state index in [1.165, 1.54) is 24.1 Å². The predicted molar refractivity (Wildman–Crippen MR) is 87.4 cm³/mol. The molecule has 22 heavy (non-hydrogen) atoms. The number of hydrogen-bond donors (Lipinski definition) is 1. The molecule has 1 aliphatic rings. The third-order valence-corrected chi connectivity index (χ3v) is 4.79. The number of Topliss-reactive ketones (excluding diaryl/α,β-unsaturated/α-hetero) is 1. The third-order valence-electron chi connectivity index (χ3n) is 3.59. The Kier molecular flexibility index (Phi) is 4.76. The first-order valence-electron chi connectivity index (χ1n) is 6.56. The molecule has 1 saturated heterocycles. The summed E-state index contributed by atoms with van der Waals surface area (Å²) in [5.41, 5.74) is -0.0791. The van der Waals surface area contributed by atoms with Crippen molar-refractivity contribution in [3.63, 3.8) is 0 Å². The Morgan fingerprint density at radius 1 is 1.18 bits per heavy atom. The van der Waals surface area contributed by atoms with Crippen LogP contribution in [0.2, 0.25) is 15.1 Å². The van der Waals surface area contributed by atoms with E-state index in [1.807, 2.05) is 13.8 Å². The van der Waals surface area contributed by atoms with Crippen LogP contribution in [0.15, 0.2) is 17.7 Å². The number of halogens is 3. The number of ketones is 1. The second-order valence-electron chi connectivity index (χ2n) is 5.45. The smallest absolute Gasteiger partial charge is 0.261 e. The van der Waals surface area contributed by atoms with E-state index in [9.17, 15) is 14.7 Å². The van der Waals surface area contributed by atoms with Crippen molar-refractivity contribution in [3.8, 4) is 0 Å². The van der Waals surface area contributed by atoms with Gasteiger partial charge in [0, 0.05) is 12.6 Å². The second-order valence-corrected chi connectivity index (χ2v) is 6.64. The number of amides is 1. The van der Waals surface area contributed by atoms with E-state index in [2.05, 4.69) is 0 Å². The molecule has 1 amide bonds. The number of carbonyl (C=O) groups excluding carboxylic acids is 2. The van der Waals surface area contributed by atoms with Crippen molar-refractivity contribution in [2.75, 3.05) is 7.05 Å². The molecule has 0 bridgehead atoms. The fourth-order valence-corrected chi connectivity index (χ4v) is 3.13. The minimum atomic E-state index is -0.595. The molecule has 1 atom stereocenters. The minimum absolute atomic E-state index is 0.0656. The van der Waals surface area contributed by atoms with Crippen LogP contribution in [0.5, 0.6) is 0 Å². The number of aliphatic hydroxyl groups is 1. The summed E-state index contributed by atoms with van der Waals surface area (Å²) in [5.74, 6) is -1.44. The maximum Gasteiger partial charge on any atom is 0.261 e.